The monoisotopic (exact) mass is 308 g/mol. The van der Waals surface area contributed by atoms with Gasteiger partial charge < -0.3 is 5.32 Å². The number of halogens is 1. The van der Waals surface area contributed by atoms with Crippen molar-refractivity contribution in [1.82, 2.24) is 20.1 Å². The topological polar surface area (TPSA) is 42.7 Å². The largest absolute Gasteiger partial charge is 0.316 e. The van der Waals surface area contributed by atoms with Crippen LogP contribution in [-0.4, -0.2) is 33.6 Å². The van der Waals surface area contributed by atoms with E-state index in [1.54, 1.807) is 18.1 Å². The number of benzene rings is 1. The number of aromatic nitrogens is 3. The van der Waals surface area contributed by atoms with Crippen molar-refractivity contribution in [2.75, 3.05) is 12.8 Å². The van der Waals surface area contributed by atoms with Crippen LogP contribution in [0.4, 0.5) is 4.39 Å². The van der Waals surface area contributed by atoms with Crippen molar-refractivity contribution >= 4 is 11.8 Å². The number of nitrogens with one attached hydrogen (secondary N) is 1. The van der Waals surface area contributed by atoms with Crippen molar-refractivity contribution in [3.63, 3.8) is 0 Å². The van der Waals surface area contributed by atoms with Crippen molar-refractivity contribution in [2.24, 2.45) is 0 Å². The maximum absolute atomic E-state index is 12.9. The van der Waals surface area contributed by atoms with E-state index in [0.29, 0.717) is 6.04 Å². The minimum atomic E-state index is -0.197. The smallest absolute Gasteiger partial charge is 0.138 e. The van der Waals surface area contributed by atoms with Gasteiger partial charge in [0.05, 0.1) is 0 Å². The van der Waals surface area contributed by atoms with Crippen molar-refractivity contribution in [1.29, 1.82) is 0 Å². The molecule has 2 aromatic rings. The van der Waals surface area contributed by atoms with Crippen LogP contribution >= 0.6 is 11.8 Å². The molecule has 0 saturated carbocycles. The average Bonchev–Trinajstić information content (AvgIpc) is 2.92. The molecule has 1 atom stereocenters. The van der Waals surface area contributed by atoms with E-state index in [1.165, 1.54) is 12.1 Å². The molecule has 21 heavy (non-hydrogen) atoms. The van der Waals surface area contributed by atoms with Gasteiger partial charge >= 0.3 is 0 Å². The summed E-state index contributed by atoms with van der Waals surface area (Å²) in [5.74, 6) is 1.72. The summed E-state index contributed by atoms with van der Waals surface area (Å²) < 4.78 is 14.8. The molecule has 1 aromatic carbocycles. The van der Waals surface area contributed by atoms with Gasteiger partial charge in [-0.05, 0) is 37.7 Å². The third kappa shape index (κ3) is 4.82. The molecule has 1 N–H and O–H groups in total. The molecule has 0 radical (unpaired) electrons. The maximum atomic E-state index is 12.9. The molecule has 0 fully saturated rings. The second kappa shape index (κ2) is 8.14. The molecule has 0 saturated heterocycles. The molecule has 1 heterocycles. The van der Waals surface area contributed by atoms with Crippen molar-refractivity contribution in [3.8, 4) is 0 Å². The number of likely N-dealkylation sites (N-methyl/N-ethyl adjacent to an activating group) is 1. The van der Waals surface area contributed by atoms with E-state index < -0.39 is 0 Å². The minimum Gasteiger partial charge on any atom is -0.316 e. The molecule has 4 nitrogen and oxygen atoms in total. The van der Waals surface area contributed by atoms with Crippen LogP contribution in [0, 0.1) is 5.82 Å². The predicted octanol–water partition coefficient (Wildman–Crippen LogP) is 2.75. The van der Waals surface area contributed by atoms with Gasteiger partial charge in [-0.25, -0.2) is 9.37 Å². The lowest BCUT2D eigenvalue weighted by atomic mass is 10.2. The van der Waals surface area contributed by atoms with Gasteiger partial charge in [-0.1, -0.05) is 6.92 Å². The number of hydrogen-bond acceptors (Lipinski definition) is 4. The van der Waals surface area contributed by atoms with Crippen LogP contribution in [0.1, 0.15) is 19.2 Å². The Kier molecular flexibility index (Phi) is 6.20. The molecule has 0 spiro atoms. The molecular formula is C15H21FN4S. The summed E-state index contributed by atoms with van der Waals surface area (Å²) in [7, 11) is 1.95. The highest BCUT2D eigenvalue weighted by Gasteiger charge is 2.12. The third-order valence-electron chi connectivity index (χ3n) is 3.23. The van der Waals surface area contributed by atoms with Gasteiger partial charge in [-0.15, -0.1) is 11.8 Å². The lowest BCUT2D eigenvalue weighted by Gasteiger charge is -2.15. The first-order chi connectivity index (χ1) is 10.2. The van der Waals surface area contributed by atoms with Crippen LogP contribution in [0.3, 0.4) is 0 Å². The Hall–Kier alpha value is -1.40. The predicted molar refractivity (Wildman–Crippen MR) is 84.0 cm³/mol. The summed E-state index contributed by atoms with van der Waals surface area (Å²) in [4.78, 5) is 5.42. The van der Waals surface area contributed by atoms with Gasteiger partial charge in [0.2, 0.25) is 0 Å². The summed E-state index contributed by atoms with van der Waals surface area (Å²) in [6.07, 6.45) is 3.50. The first kappa shape index (κ1) is 16.0. The summed E-state index contributed by atoms with van der Waals surface area (Å²) >= 11 is 1.72. The van der Waals surface area contributed by atoms with Gasteiger partial charge in [0, 0.05) is 29.7 Å². The molecule has 0 bridgehead atoms. The Morgan fingerprint density at radius 3 is 2.76 bits per heavy atom. The molecule has 0 aliphatic rings. The van der Waals surface area contributed by atoms with Crippen molar-refractivity contribution in [3.05, 3.63) is 42.2 Å². The second-order valence-corrected chi connectivity index (χ2v) is 5.95. The Labute approximate surface area is 129 Å². The number of rotatable bonds is 8. The van der Waals surface area contributed by atoms with E-state index in [-0.39, 0.29) is 5.82 Å². The van der Waals surface area contributed by atoms with E-state index in [0.717, 1.165) is 35.9 Å². The second-order valence-electron chi connectivity index (χ2n) is 4.85. The molecule has 0 aliphatic carbocycles. The fourth-order valence-electron chi connectivity index (χ4n) is 2.04. The highest BCUT2D eigenvalue weighted by atomic mass is 32.2. The lowest BCUT2D eigenvalue weighted by molar-refractivity contribution is 0.528. The quantitative estimate of drug-likeness (QED) is 0.762. The van der Waals surface area contributed by atoms with Gasteiger partial charge in [-0.3, -0.25) is 4.68 Å². The van der Waals surface area contributed by atoms with Gasteiger partial charge in [0.25, 0.3) is 0 Å². The van der Waals surface area contributed by atoms with E-state index in [1.807, 2.05) is 23.9 Å². The standard InChI is InChI=1S/C15H21FN4S/c1-3-8-20-15(18-11-19-20)9-13(17-2)10-21-14-6-4-12(16)5-7-14/h4-7,11,13,17H,3,8-10H2,1-2H3. The fourth-order valence-corrected chi connectivity index (χ4v) is 3.04. The molecule has 6 heteroatoms. The third-order valence-corrected chi connectivity index (χ3v) is 4.41. The van der Waals surface area contributed by atoms with Crippen LogP contribution in [-0.2, 0) is 13.0 Å². The van der Waals surface area contributed by atoms with Crippen molar-refractivity contribution in [2.45, 2.75) is 37.2 Å². The summed E-state index contributed by atoms with van der Waals surface area (Å²) in [6, 6.07) is 6.92. The highest BCUT2D eigenvalue weighted by molar-refractivity contribution is 7.99. The zero-order valence-electron chi connectivity index (χ0n) is 12.4. The van der Waals surface area contributed by atoms with E-state index in [9.17, 15) is 4.39 Å². The molecule has 0 aliphatic heterocycles. The Balaban J connectivity index is 1.90. The number of nitrogens with zero attached hydrogens (tertiary/aromatic N) is 3. The van der Waals surface area contributed by atoms with Crippen LogP contribution in [0.5, 0.6) is 0 Å². The van der Waals surface area contributed by atoms with Gasteiger partial charge in [0.15, 0.2) is 0 Å². The van der Waals surface area contributed by atoms with Crippen LogP contribution in [0.2, 0.25) is 0 Å². The molecule has 2 rings (SSSR count). The van der Waals surface area contributed by atoms with Crippen molar-refractivity contribution < 1.29 is 4.39 Å². The average molecular weight is 308 g/mol. The van der Waals surface area contributed by atoms with E-state index in [2.05, 4.69) is 22.3 Å². The number of hydrogen-bond donors (Lipinski definition) is 1. The zero-order valence-corrected chi connectivity index (χ0v) is 13.2. The van der Waals surface area contributed by atoms with E-state index >= 15 is 0 Å². The Bertz CT molecular complexity index is 541. The molecular weight excluding hydrogens is 287 g/mol. The number of thioether (sulfide) groups is 1. The minimum absolute atomic E-state index is 0.197. The lowest BCUT2D eigenvalue weighted by Crippen LogP contribution is -2.31. The summed E-state index contributed by atoms with van der Waals surface area (Å²) in [5, 5.41) is 7.57. The Morgan fingerprint density at radius 1 is 1.33 bits per heavy atom. The van der Waals surface area contributed by atoms with Crippen LogP contribution in [0.25, 0.3) is 0 Å². The van der Waals surface area contributed by atoms with Crippen LogP contribution < -0.4 is 5.32 Å². The molecule has 1 aromatic heterocycles. The zero-order chi connectivity index (χ0) is 15.1. The summed E-state index contributed by atoms with van der Waals surface area (Å²) in [6.45, 7) is 3.03. The Morgan fingerprint density at radius 2 is 2.10 bits per heavy atom. The molecule has 1 unspecified atom stereocenters. The first-order valence-electron chi connectivity index (χ1n) is 7.15. The summed E-state index contributed by atoms with van der Waals surface area (Å²) in [5.41, 5.74) is 0. The van der Waals surface area contributed by atoms with Gasteiger partial charge in [0.1, 0.15) is 18.0 Å². The van der Waals surface area contributed by atoms with E-state index in [4.69, 9.17) is 0 Å². The maximum Gasteiger partial charge on any atom is 0.138 e. The number of aryl methyl sites for hydroxylation is 1. The highest BCUT2D eigenvalue weighted by Crippen LogP contribution is 2.19. The fraction of sp³-hybridized carbons (Fsp3) is 0.467. The SMILES string of the molecule is CCCn1ncnc1CC(CSc1ccc(F)cc1)NC. The first-order valence-corrected chi connectivity index (χ1v) is 8.13. The van der Waals surface area contributed by atoms with Gasteiger partial charge in [-0.2, -0.15) is 5.10 Å². The normalized spacial score (nSPS) is 12.5. The molecule has 114 valence electrons. The molecule has 0 amide bonds. The van der Waals surface area contributed by atoms with Crippen LogP contribution in [0.15, 0.2) is 35.5 Å².